The fraction of sp³-hybridized carbons (Fsp3) is 0.242. The van der Waals surface area contributed by atoms with E-state index in [-0.39, 0.29) is 5.75 Å². The van der Waals surface area contributed by atoms with Crippen LogP contribution in [0.15, 0.2) is 95.4 Å². The first-order chi connectivity index (χ1) is 20.8. The number of aromatic nitrogens is 2. The molecule has 1 saturated heterocycles. The first-order valence-electron chi connectivity index (χ1n) is 14.2. The van der Waals surface area contributed by atoms with Crippen LogP contribution in [0.5, 0.6) is 5.75 Å². The van der Waals surface area contributed by atoms with Crippen molar-refractivity contribution in [3.63, 3.8) is 0 Å². The summed E-state index contributed by atoms with van der Waals surface area (Å²) in [5, 5.41) is 12.0. The second-order valence-electron chi connectivity index (χ2n) is 10.4. The average Bonchev–Trinajstić information content (AvgIpc) is 3.45. The smallest absolute Gasteiger partial charge is 0.406 e. The molecule has 1 aliphatic heterocycles. The molecular formula is C33H30F3N5OS. The Kier molecular flexibility index (Phi) is 8.12. The fourth-order valence-electron chi connectivity index (χ4n) is 5.29. The Balaban J connectivity index is 1.24. The van der Waals surface area contributed by atoms with Crippen molar-refractivity contribution in [3.05, 3.63) is 96.3 Å². The number of alkyl halides is 3. The monoisotopic (exact) mass is 601 g/mol. The van der Waals surface area contributed by atoms with E-state index < -0.39 is 6.36 Å². The largest absolute Gasteiger partial charge is 0.573 e. The van der Waals surface area contributed by atoms with Crippen molar-refractivity contribution in [2.24, 2.45) is 10.2 Å². The minimum Gasteiger partial charge on any atom is -0.406 e. The highest BCUT2D eigenvalue weighted by atomic mass is 32.2. The molecule has 5 aromatic rings. The lowest BCUT2D eigenvalue weighted by Crippen LogP contribution is -2.34. The maximum atomic E-state index is 12.5. The summed E-state index contributed by atoms with van der Waals surface area (Å²) in [6, 6.07) is 22.4. The number of ether oxygens (including phenoxy) is 1. The lowest BCUT2D eigenvalue weighted by Gasteiger charge is -2.31. The number of benzene rings is 3. The molecule has 0 saturated carbocycles. The van der Waals surface area contributed by atoms with E-state index in [0.717, 1.165) is 63.5 Å². The van der Waals surface area contributed by atoms with Crippen LogP contribution < -0.4 is 9.64 Å². The van der Waals surface area contributed by atoms with Gasteiger partial charge in [-0.15, -0.1) is 18.3 Å². The highest BCUT2D eigenvalue weighted by Crippen LogP contribution is 2.34. The van der Waals surface area contributed by atoms with Gasteiger partial charge in [0.05, 0.1) is 18.1 Å². The number of anilines is 1. The van der Waals surface area contributed by atoms with E-state index >= 15 is 0 Å². The van der Waals surface area contributed by atoms with Gasteiger partial charge in [-0.25, -0.2) is 4.98 Å². The predicted octanol–water partition coefficient (Wildman–Crippen LogP) is 8.90. The van der Waals surface area contributed by atoms with Gasteiger partial charge in [0.15, 0.2) is 5.17 Å². The molecule has 1 aliphatic rings. The van der Waals surface area contributed by atoms with Gasteiger partial charge in [0.2, 0.25) is 0 Å². The fourth-order valence-corrected chi connectivity index (χ4v) is 6.20. The van der Waals surface area contributed by atoms with Crippen molar-refractivity contribution >= 4 is 45.3 Å². The number of thioether (sulfide) groups is 1. The van der Waals surface area contributed by atoms with Crippen molar-refractivity contribution in [1.29, 1.82) is 0 Å². The molecule has 220 valence electrons. The third-order valence-corrected chi connectivity index (χ3v) is 8.66. The number of halogens is 3. The summed E-state index contributed by atoms with van der Waals surface area (Å²) in [7, 11) is 0. The minimum absolute atomic E-state index is 0.263. The van der Waals surface area contributed by atoms with Crippen LogP contribution in [-0.4, -0.2) is 39.4 Å². The zero-order valence-corrected chi connectivity index (χ0v) is 24.6. The van der Waals surface area contributed by atoms with Crippen molar-refractivity contribution < 1.29 is 17.9 Å². The third-order valence-electron chi connectivity index (χ3n) is 7.61. The number of hydrogen-bond acceptors (Lipinski definition) is 5. The highest BCUT2D eigenvalue weighted by Gasteiger charge is 2.31. The Morgan fingerprint density at radius 2 is 1.88 bits per heavy atom. The molecule has 0 N–H and O–H groups in total. The standard InChI is InChI=1S/C33H30F3N5OS/c1-3-22(2)27-7-4-5-8-29(27)41-16-6-18-43-32(41)39-38-20-23-9-14-28-25(19-23)15-17-40-30(21-37-31(28)40)24-10-12-26(13-11-24)42-33(34,35)36/h4-5,7-15,17,19-22H,3,6,16,18H2,1-2H3/b38-20+,39-32+. The maximum Gasteiger partial charge on any atom is 0.573 e. The van der Waals surface area contributed by atoms with E-state index in [1.807, 2.05) is 34.9 Å². The summed E-state index contributed by atoms with van der Waals surface area (Å²) < 4.78 is 43.5. The van der Waals surface area contributed by atoms with Crippen molar-refractivity contribution in [2.45, 2.75) is 39.0 Å². The molecule has 0 bridgehead atoms. The van der Waals surface area contributed by atoms with Gasteiger partial charge in [0.25, 0.3) is 0 Å². The van der Waals surface area contributed by atoms with Gasteiger partial charge in [-0.2, -0.15) is 5.10 Å². The summed E-state index contributed by atoms with van der Waals surface area (Å²) in [4.78, 5) is 6.90. The number of nitrogens with zero attached hydrogens (tertiary/aromatic N) is 5. The van der Waals surface area contributed by atoms with Gasteiger partial charge < -0.3 is 9.64 Å². The summed E-state index contributed by atoms with van der Waals surface area (Å²) in [6.07, 6.45) is 2.83. The lowest BCUT2D eigenvalue weighted by molar-refractivity contribution is -0.274. The van der Waals surface area contributed by atoms with E-state index in [4.69, 9.17) is 0 Å². The van der Waals surface area contributed by atoms with E-state index in [1.54, 1.807) is 36.3 Å². The molecule has 1 atom stereocenters. The summed E-state index contributed by atoms with van der Waals surface area (Å²) >= 11 is 1.73. The van der Waals surface area contributed by atoms with Gasteiger partial charge in [-0.05, 0) is 83.8 Å². The van der Waals surface area contributed by atoms with Crippen LogP contribution in [0.4, 0.5) is 18.9 Å². The topological polar surface area (TPSA) is 54.5 Å². The maximum absolute atomic E-state index is 12.5. The predicted molar refractivity (Wildman–Crippen MR) is 169 cm³/mol. The number of rotatable bonds is 7. The normalized spacial score (nSPS) is 16.0. The molecule has 2 aromatic heterocycles. The van der Waals surface area contributed by atoms with Gasteiger partial charge >= 0.3 is 6.36 Å². The lowest BCUT2D eigenvalue weighted by atomic mass is 9.96. The number of fused-ring (bicyclic) bond motifs is 3. The Labute approximate surface area is 251 Å². The molecule has 1 unspecified atom stereocenters. The van der Waals surface area contributed by atoms with E-state index in [0.29, 0.717) is 5.92 Å². The molecule has 43 heavy (non-hydrogen) atoms. The second-order valence-corrected chi connectivity index (χ2v) is 11.5. The molecule has 6 rings (SSSR count). The number of para-hydroxylation sites is 1. The van der Waals surface area contributed by atoms with Crippen molar-refractivity contribution in [1.82, 2.24) is 9.38 Å². The van der Waals surface area contributed by atoms with Crippen molar-refractivity contribution in [3.8, 4) is 17.0 Å². The van der Waals surface area contributed by atoms with Crippen LogP contribution in [-0.2, 0) is 0 Å². The van der Waals surface area contributed by atoms with Gasteiger partial charge in [-0.1, -0.05) is 49.9 Å². The van der Waals surface area contributed by atoms with E-state index in [1.165, 1.54) is 23.4 Å². The SMILES string of the molecule is CCC(C)c1ccccc1N1CCCS/C1=N/N=C/c1ccc2c(ccn3c(-c4ccc(OC(F)(F)F)cc4)cnc23)c1. The number of pyridine rings is 1. The molecule has 3 heterocycles. The van der Waals surface area contributed by atoms with Crippen LogP contribution in [0.25, 0.3) is 27.7 Å². The Bertz CT molecular complexity index is 1810. The van der Waals surface area contributed by atoms with Gasteiger partial charge in [0, 0.05) is 35.1 Å². The molecule has 3 aromatic carbocycles. The van der Waals surface area contributed by atoms with E-state index in [9.17, 15) is 13.2 Å². The zero-order valence-electron chi connectivity index (χ0n) is 23.8. The molecule has 0 radical (unpaired) electrons. The zero-order chi connectivity index (χ0) is 30.0. The van der Waals surface area contributed by atoms with Crippen LogP contribution in [0, 0.1) is 0 Å². The van der Waals surface area contributed by atoms with Gasteiger partial charge in [-0.3, -0.25) is 4.40 Å². The first kappa shape index (κ1) is 28.8. The number of amidine groups is 1. The van der Waals surface area contributed by atoms with Crippen LogP contribution >= 0.6 is 11.8 Å². The minimum atomic E-state index is -4.73. The highest BCUT2D eigenvalue weighted by molar-refractivity contribution is 8.14. The molecule has 0 spiro atoms. The molecule has 6 nitrogen and oxygen atoms in total. The quantitative estimate of drug-likeness (QED) is 0.138. The molecule has 0 amide bonds. The first-order valence-corrected chi connectivity index (χ1v) is 15.2. The third kappa shape index (κ3) is 6.24. The van der Waals surface area contributed by atoms with Gasteiger partial charge in [0.1, 0.15) is 11.4 Å². The molecule has 1 fully saturated rings. The molecular weight excluding hydrogens is 571 g/mol. The van der Waals surface area contributed by atoms with Crippen LogP contribution in [0.3, 0.4) is 0 Å². The molecule has 0 aliphatic carbocycles. The van der Waals surface area contributed by atoms with Crippen LogP contribution in [0.1, 0.15) is 43.7 Å². The summed E-state index contributed by atoms with van der Waals surface area (Å²) in [5.74, 6) is 1.21. The van der Waals surface area contributed by atoms with E-state index in [2.05, 4.69) is 62.9 Å². The average molecular weight is 602 g/mol. The Morgan fingerprint density at radius 1 is 1.07 bits per heavy atom. The Hall–Kier alpha value is -4.31. The second kappa shape index (κ2) is 12.1. The summed E-state index contributed by atoms with van der Waals surface area (Å²) in [5.41, 5.74) is 5.70. The Morgan fingerprint density at radius 3 is 2.67 bits per heavy atom. The number of hydrogen-bond donors (Lipinski definition) is 0. The molecule has 10 heteroatoms. The van der Waals surface area contributed by atoms with Crippen molar-refractivity contribution in [2.75, 3.05) is 17.2 Å². The van der Waals surface area contributed by atoms with Crippen LogP contribution in [0.2, 0.25) is 0 Å². The number of imidazole rings is 1. The summed E-state index contributed by atoms with van der Waals surface area (Å²) in [6.45, 7) is 5.39.